The second-order valence-corrected chi connectivity index (χ2v) is 7.65. The van der Waals surface area contributed by atoms with Crippen LogP contribution >= 0.6 is 0 Å². The Balaban J connectivity index is 2.34. The first kappa shape index (κ1) is 26.3. The molecule has 0 aromatic heterocycles. The van der Waals surface area contributed by atoms with Gasteiger partial charge in [0.1, 0.15) is 28.8 Å². The Kier molecular flexibility index (Phi) is 8.35. The Bertz CT molecular complexity index is 1250. The molecule has 0 unspecified atom stereocenters. The lowest BCUT2D eigenvalue weighted by Gasteiger charge is -2.14. The van der Waals surface area contributed by atoms with E-state index in [9.17, 15) is 18.4 Å². The van der Waals surface area contributed by atoms with Gasteiger partial charge in [0, 0.05) is 16.5 Å². The second kappa shape index (κ2) is 10.8. The Morgan fingerprint density at radius 1 is 0.706 bits per heavy atom. The number of allylic oxidation sites excluding steroid dienone is 4. The summed E-state index contributed by atoms with van der Waals surface area (Å²) in [6.45, 7) is 16.0. The molecule has 0 saturated carbocycles. The molecule has 0 fully saturated rings. The van der Waals surface area contributed by atoms with E-state index < -0.39 is 23.6 Å². The molecule has 2 aromatic carbocycles. The molecule has 8 heteroatoms. The summed E-state index contributed by atoms with van der Waals surface area (Å²) in [5.41, 5.74) is 0.407. The number of hydrogen-bond donors (Lipinski definition) is 0. The summed E-state index contributed by atoms with van der Waals surface area (Å²) in [7, 11) is 0. The van der Waals surface area contributed by atoms with E-state index in [4.69, 9.17) is 18.9 Å². The highest BCUT2D eigenvalue weighted by molar-refractivity contribution is 5.88. The SMILES string of the molecule is C=C(C)C(=O)O/C(C)=C(\C)Oc1ccc2cc(O/C(C)=C(\C)OC(=O)C(=C)C)c(F)c(F)c2c1. The fourth-order valence-corrected chi connectivity index (χ4v) is 2.50. The van der Waals surface area contributed by atoms with Gasteiger partial charge in [0.2, 0.25) is 5.82 Å². The lowest BCUT2D eigenvalue weighted by molar-refractivity contribution is -0.136. The van der Waals surface area contributed by atoms with Gasteiger partial charge in [-0.3, -0.25) is 0 Å². The van der Waals surface area contributed by atoms with Crippen LogP contribution in [0.15, 0.2) is 71.6 Å². The van der Waals surface area contributed by atoms with Crippen LogP contribution in [-0.4, -0.2) is 11.9 Å². The summed E-state index contributed by atoms with van der Waals surface area (Å²) < 4.78 is 50.8. The van der Waals surface area contributed by atoms with E-state index in [2.05, 4.69) is 13.2 Å². The van der Waals surface area contributed by atoms with Crippen LogP contribution in [0.3, 0.4) is 0 Å². The van der Waals surface area contributed by atoms with Crippen molar-refractivity contribution in [2.45, 2.75) is 41.5 Å². The quantitative estimate of drug-likeness (QED) is 0.244. The molecule has 0 radical (unpaired) electrons. The average Bonchev–Trinajstić information content (AvgIpc) is 2.77. The minimum atomic E-state index is -1.22. The van der Waals surface area contributed by atoms with E-state index in [0.29, 0.717) is 5.39 Å². The number of benzene rings is 2. The molecule has 6 nitrogen and oxygen atoms in total. The summed E-state index contributed by atoms with van der Waals surface area (Å²) in [4.78, 5) is 23.3. The van der Waals surface area contributed by atoms with Gasteiger partial charge in [-0.15, -0.1) is 0 Å². The fraction of sp³-hybridized carbons (Fsp3) is 0.231. The Labute approximate surface area is 196 Å². The molecule has 0 amide bonds. The molecule has 0 atom stereocenters. The molecule has 0 heterocycles. The summed E-state index contributed by atoms with van der Waals surface area (Å²) in [5, 5.41) is 0.302. The Hall–Kier alpha value is -3.94. The van der Waals surface area contributed by atoms with E-state index in [1.54, 1.807) is 13.0 Å². The third-order valence-corrected chi connectivity index (χ3v) is 4.67. The first-order chi connectivity index (χ1) is 15.8. The second-order valence-electron chi connectivity index (χ2n) is 7.65. The fourth-order valence-electron chi connectivity index (χ4n) is 2.50. The summed E-state index contributed by atoms with van der Waals surface area (Å²) in [5.74, 6) is -3.17. The van der Waals surface area contributed by atoms with E-state index in [1.165, 1.54) is 52.8 Å². The largest absolute Gasteiger partial charge is 0.458 e. The monoisotopic (exact) mass is 472 g/mol. The van der Waals surface area contributed by atoms with Crippen LogP contribution in [0, 0.1) is 11.6 Å². The molecule has 0 aliphatic heterocycles. The Morgan fingerprint density at radius 2 is 1.21 bits per heavy atom. The number of esters is 2. The third-order valence-electron chi connectivity index (χ3n) is 4.67. The maximum absolute atomic E-state index is 14.8. The maximum Gasteiger partial charge on any atom is 0.338 e. The standard InChI is InChI=1S/C26H26F2O6/c1-13(2)25(29)33-17(7)15(5)31-20-10-9-19-11-22(24(28)23(27)21(19)12-20)32-16(6)18(8)34-26(30)14(3)4/h9-12H,1,3H2,2,4-8H3/b17-15+,18-16+. The van der Waals surface area contributed by atoms with Crippen molar-refractivity contribution in [1.29, 1.82) is 0 Å². The van der Waals surface area contributed by atoms with Gasteiger partial charge in [0.25, 0.3) is 0 Å². The highest BCUT2D eigenvalue weighted by Crippen LogP contribution is 2.33. The van der Waals surface area contributed by atoms with Gasteiger partial charge < -0.3 is 18.9 Å². The van der Waals surface area contributed by atoms with E-state index in [-0.39, 0.29) is 51.1 Å². The topological polar surface area (TPSA) is 71.1 Å². The van der Waals surface area contributed by atoms with E-state index in [1.807, 2.05) is 0 Å². The van der Waals surface area contributed by atoms with Crippen LogP contribution in [0.1, 0.15) is 41.5 Å². The van der Waals surface area contributed by atoms with Gasteiger partial charge in [-0.2, -0.15) is 4.39 Å². The number of fused-ring (bicyclic) bond motifs is 1. The van der Waals surface area contributed by atoms with E-state index in [0.717, 1.165) is 0 Å². The van der Waals surface area contributed by atoms with Crippen LogP contribution in [-0.2, 0) is 19.1 Å². The van der Waals surface area contributed by atoms with Crippen LogP contribution in [0.2, 0.25) is 0 Å². The van der Waals surface area contributed by atoms with Gasteiger partial charge in [-0.25, -0.2) is 14.0 Å². The lowest BCUT2D eigenvalue weighted by atomic mass is 10.1. The van der Waals surface area contributed by atoms with Crippen molar-refractivity contribution in [3.63, 3.8) is 0 Å². The van der Waals surface area contributed by atoms with Gasteiger partial charge in [-0.05, 0) is 65.1 Å². The minimum absolute atomic E-state index is 0.0428. The van der Waals surface area contributed by atoms with Gasteiger partial charge >= 0.3 is 11.9 Å². The van der Waals surface area contributed by atoms with Crippen molar-refractivity contribution in [3.05, 3.63) is 83.2 Å². The smallest absolute Gasteiger partial charge is 0.338 e. The first-order valence-corrected chi connectivity index (χ1v) is 10.2. The van der Waals surface area contributed by atoms with Gasteiger partial charge in [0.05, 0.1) is 0 Å². The lowest BCUT2D eigenvalue weighted by Crippen LogP contribution is -2.07. The zero-order chi connectivity index (χ0) is 25.7. The normalized spacial score (nSPS) is 12.4. The molecule has 0 N–H and O–H groups in total. The number of ether oxygens (including phenoxy) is 4. The summed E-state index contributed by atoms with van der Waals surface area (Å²) in [6.07, 6.45) is 0. The van der Waals surface area contributed by atoms with Crippen molar-refractivity contribution in [2.75, 3.05) is 0 Å². The van der Waals surface area contributed by atoms with Crippen molar-refractivity contribution in [2.24, 2.45) is 0 Å². The van der Waals surface area contributed by atoms with Crippen LogP contribution in [0.25, 0.3) is 10.8 Å². The predicted octanol–water partition coefficient (Wildman–Crippen LogP) is 6.62. The summed E-state index contributed by atoms with van der Waals surface area (Å²) >= 11 is 0. The molecule has 2 aromatic rings. The highest BCUT2D eigenvalue weighted by atomic mass is 19.2. The zero-order valence-corrected chi connectivity index (χ0v) is 19.9. The maximum atomic E-state index is 14.8. The molecule has 34 heavy (non-hydrogen) atoms. The summed E-state index contributed by atoms with van der Waals surface area (Å²) in [6, 6.07) is 5.70. The number of halogens is 2. The average molecular weight is 472 g/mol. The highest BCUT2D eigenvalue weighted by Gasteiger charge is 2.18. The molecule has 0 bridgehead atoms. The molecular formula is C26H26F2O6. The molecule has 0 spiro atoms. The zero-order valence-electron chi connectivity index (χ0n) is 19.9. The molecule has 2 rings (SSSR count). The van der Waals surface area contributed by atoms with Crippen molar-refractivity contribution in [3.8, 4) is 11.5 Å². The van der Waals surface area contributed by atoms with Crippen LogP contribution in [0.5, 0.6) is 11.5 Å². The molecule has 0 aliphatic rings. The number of carbonyl (C=O) groups is 2. The molecule has 180 valence electrons. The predicted molar refractivity (Wildman–Crippen MR) is 124 cm³/mol. The molecule has 0 saturated heterocycles. The van der Waals surface area contributed by atoms with Crippen molar-refractivity contribution in [1.82, 2.24) is 0 Å². The molecule has 0 aliphatic carbocycles. The van der Waals surface area contributed by atoms with Crippen LogP contribution in [0.4, 0.5) is 8.78 Å². The van der Waals surface area contributed by atoms with Crippen LogP contribution < -0.4 is 9.47 Å². The molecular weight excluding hydrogens is 446 g/mol. The third kappa shape index (κ3) is 6.31. The van der Waals surface area contributed by atoms with E-state index >= 15 is 0 Å². The van der Waals surface area contributed by atoms with Crippen molar-refractivity contribution < 1.29 is 37.3 Å². The number of carbonyl (C=O) groups excluding carboxylic acids is 2. The number of hydrogen-bond acceptors (Lipinski definition) is 6. The van der Waals surface area contributed by atoms with Gasteiger partial charge in [-0.1, -0.05) is 19.2 Å². The first-order valence-electron chi connectivity index (χ1n) is 10.2. The Morgan fingerprint density at radius 3 is 1.71 bits per heavy atom. The number of rotatable bonds is 8. The van der Waals surface area contributed by atoms with Crippen molar-refractivity contribution >= 4 is 22.7 Å². The minimum Gasteiger partial charge on any atom is -0.458 e. The van der Waals surface area contributed by atoms with Gasteiger partial charge in [0.15, 0.2) is 11.6 Å².